The molecule has 0 spiro atoms. The molecule has 0 bridgehead atoms. The summed E-state index contributed by atoms with van der Waals surface area (Å²) in [6.45, 7) is 4.00. The number of hydrogen-bond donors (Lipinski definition) is 1. The van der Waals surface area contributed by atoms with Crippen molar-refractivity contribution in [3.05, 3.63) is 23.2 Å². The largest absolute Gasteiger partial charge is 0.396 e. The highest BCUT2D eigenvalue weighted by Gasteiger charge is 1.96. The zero-order valence-electron chi connectivity index (χ0n) is 6.44. The number of anilines is 1. The maximum atomic E-state index is 12.3. The summed E-state index contributed by atoms with van der Waals surface area (Å²) in [4.78, 5) is 3.45. The lowest BCUT2D eigenvalue weighted by molar-refractivity contribution is 0.626. The van der Waals surface area contributed by atoms with Gasteiger partial charge in [0, 0.05) is 6.07 Å². The normalized spacial score (nSPS) is 8.36. The minimum absolute atomic E-state index is 0.0231. The van der Waals surface area contributed by atoms with Crippen LogP contribution in [-0.4, -0.2) is 4.98 Å². The van der Waals surface area contributed by atoms with Gasteiger partial charge in [-0.3, -0.25) is 0 Å². The van der Waals surface area contributed by atoms with Gasteiger partial charge >= 0.3 is 0 Å². The van der Waals surface area contributed by atoms with Crippen molar-refractivity contribution in [1.29, 1.82) is 0 Å². The van der Waals surface area contributed by atoms with Gasteiger partial charge in [-0.1, -0.05) is 25.4 Å². The van der Waals surface area contributed by atoms with Crippen LogP contribution >= 0.6 is 11.6 Å². The Balaban J connectivity index is 0.000000461. The van der Waals surface area contributed by atoms with Gasteiger partial charge in [-0.2, -0.15) is 0 Å². The van der Waals surface area contributed by atoms with Crippen molar-refractivity contribution in [2.75, 3.05) is 5.73 Å². The molecule has 0 saturated carbocycles. The predicted octanol–water partition coefficient (Wildman–Crippen LogP) is 2.48. The molecule has 2 nitrogen and oxygen atoms in total. The Labute approximate surface area is 70.2 Å². The molecule has 0 aliphatic carbocycles. The van der Waals surface area contributed by atoms with Crippen LogP contribution in [0.4, 0.5) is 10.1 Å². The Morgan fingerprint density at radius 1 is 1.55 bits per heavy atom. The van der Waals surface area contributed by atoms with E-state index >= 15 is 0 Å². The molecule has 62 valence electrons. The van der Waals surface area contributed by atoms with Gasteiger partial charge in [0.25, 0.3) is 0 Å². The van der Waals surface area contributed by atoms with Gasteiger partial charge in [0.05, 0.1) is 11.9 Å². The molecule has 0 saturated heterocycles. The molecule has 1 aromatic rings. The van der Waals surface area contributed by atoms with Gasteiger partial charge in [-0.25, -0.2) is 9.37 Å². The summed E-state index contributed by atoms with van der Waals surface area (Å²) in [5, 5.41) is 0.203. The molecule has 0 fully saturated rings. The number of rotatable bonds is 0. The highest BCUT2D eigenvalue weighted by atomic mass is 35.5. The third-order valence-electron chi connectivity index (χ3n) is 0.852. The van der Waals surface area contributed by atoms with E-state index < -0.39 is 5.82 Å². The molecule has 0 aliphatic rings. The zero-order valence-corrected chi connectivity index (χ0v) is 7.19. The van der Waals surface area contributed by atoms with Crippen molar-refractivity contribution < 1.29 is 4.39 Å². The van der Waals surface area contributed by atoms with Gasteiger partial charge in [0.15, 0.2) is 5.82 Å². The number of pyridine rings is 1. The molecular formula is C7H10ClFN2. The van der Waals surface area contributed by atoms with Gasteiger partial charge in [-0.05, 0) is 0 Å². The summed E-state index contributed by atoms with van der Waals surface area (Å²) in [5.74, 6) is -0.542. The second kappa shape index (κ2) is 4.91. The first-order chi connectivity index (χ1) is 5.20. The van der Waals surface area contributed by atoms with E-state index in [0.717, 1.165) is 6.20 Å². The van der Waals surface area contributed by atoms with Gasteiger partial charge < -0.3 is 5.73 Å². The van der Waals surface area contributed by atoms with Gasteiger partial charge in [0.1, 0.15) is 5.15 Å². The van der Waals surface area contributed by atoms with E-state index in [4.69, 9.17) is 17.3 Å². The number of nitrogens with zero attached hydrogens (tertiary/aromatic N) is 1. The lowest BCUT2D eigenvalue weighted by Gasteiger charge is -1.92. The molecule has 0 unspecified atom stereocenters. The summed E-state index contributed by atoms with van der Waals surface area (Å²) < 4.78 is 12.3. The van der Waals surface area contributed by atoms with Gasteiger partial charge in [-0.15, -0.1) is 0 Å². The summed E-state index contributed by atoms with van der Waals surface area (Å²) in [6, 6.07) is 1.26. The van der Waals surface area contributed by atoms with E-state index in [1.165, 1.54) is 6.07 Å². The van der Waals surface area contributed by atoms with Crippen LogP contribution in [0, 0.1) is 5.82 Å². The van der Waals surface area contributed by atoms with Gasteiger partial charge in [0.2, 0.25) is 0 Å². The fraction of sp³-hybridized carbons (Fsp3) is 0.286. The number of nitrogens with two attached hydrogens (primary N) is 1. The summed E-state index contributed by atoms with van der Waals surface area (Å²) >= 11 is 5.36. The summed E-state index contributed by atoms with van der Waals surface area (Å²) in [6.07, 6.45) is 0.984. The summed E-state index contributed by atoms with van der Waals surface area (Å²) in [7, 11) is 0. The molecule has 0 radical (unpaired) electrons. The molecule has 1 heterocycles. The van der Waals surface area contributed by atoms with Crippen molar-refractivity contribution in [2.24, 2.45) is 0 Å². The molecule has 2 N–H and O–H groups in total. The third kappa shape index (κ3) is 3.18. The number of hydrogen-bond acceptors (Lipinski definition) is 2. The maximum absolute atomic E-state index is 12.3. The Bertz CT molecular complexity index is 228. The topological polar surface area (TPSA) is 38.9 Å². The first-order valence-electron chi connectivity index (χ1n) is 3.26. The molecule has 4 heteroatoms. The molecule has 0 aliphatic heterocycles. The molecule has 1 rings (SSSR count). The first kappa shape index (κ1) is 10.2. The van der Waals surface area contributed by atoms with Crippen molar-refractivity contribution in [3.63, 3.8) is 0 Å². The Hall–Kier alpha value is -0.830. The molecular weight excluding hydrogens is 167 g/mol. The Kier molecular flexibility index (Phi) is 4.54. The maximum Gasteiger partial charge on any atom is 0.164 e. The van der Waals surface area contributed by atoms with Crippen LogP contribution in [-0.2, 0) is 0 Å². The Morgan fingerprint density at radius 3 is 2.45 bits per heavy atom. The van der Waals surface area contributed by atoms with Crippen LogP contribution in [0.15, 0.2) is 12.3 Å². The minimum Gasteiger partial charge on any atom is -0.396 e. The third-order valence-corrected chi connectivity index (χ3v) is 1.06. The first-order valence-corrected chi connectivity index (χ1v) is 3.64. The van der Waals surface area contributed by atoms with E-state index in [2.05, 4.69) is 4.98 Å². The Morgan fingerprint density at radius 2 is 2.09 bits per heavy atom. The van der Waals surface area contributed by atoms with Crippen LogP contribution in [0.2, 0.25) is 5.15 Å². The lowest BCUT2D eigenvalue weighted by Crippen LogP contribution is -1.90. The minimum atomic E-state index is -0.542. The smallest absolute Gasteiger partial charge is 0.164 e. The quantitative estimate of drug-likeness (QED) is 0.617. The number of nitrogen functional groups attached to an aromatic ring is 1. The van der Waals surface area contributed by atoms with Crippen LogP contribution in [0.1, 0.15) is 13.8 Å². The average Bonchev–Trinajstić information content (AvgIpc) is 2.02. The van der Waals surface area contributed by atoms with E-state index in [-0.39, 0.29) is 10.8 Å². The second-order valence-corrected chi connectivity index (χ2v) is 1.92. The van der Waals surface area contributed by atoms with Crippen LogP contribution in [0.3, 0.4) is 0 Å². The van der Waals surface area contributed by atoms with Crippen molar-refractivity contribution in [3.8, 4) is 0 Å². The molecule has 0 atom stereocenters. The highest BCUT2D eigenvalue weighted by molar-refractivity contribution is 6.29. The standard InChI is InChI=1S/C5H4ClFN2.C2H6/c6-5-1-4(8)3(7)2-9-5;1-2/h1-2H,(H2,8,9);1-2H3. The molecule has 0 aromatic carbocycles. The SMILES string of the molecule is CC.Nc1cc(Cl)ncc1F. The van der Waals surface area contributed by atoms with E-state index in [9.17, 15) is 4.39 Å². The predicted molar refractivity (Wildman–Crippen MR) is 45.0 cm³/mol. The second-order valence-electron chi connectivity index (χ2n) is 1.53. The fourth-order valence-corrected chi connectivity index (χ4v) is 0.594. The lowest BCUT2D eigenvalue weighted by atomic mass is 10.4. The summed E-state index contributed by atoms with van der Waals surface area (Å²) in [5.41, 5.74) is 5.14. The number of halogens is 2. The van der Waals surface area contributed by atoms with Crippen molar-refractivity contribution >= 4 is 17.3 Å². The molecule has 1 aromatic heterocycles. The van der Waals surface area contributed by atoms with E-state index in [1.807, 2.05) is 13.8 Å². The van der Waals surface area contributed by atoms with E-state index in [0.29, 0.717) is 0 Å². The molecule has 11 heavy (non-hydrogen) atoms. The highest BCUT2D eigenvalue weighted by Crippen LogP contribution is 2.12. The van der Waals surface area contributed by atoms with E-state index in [1.54, 1.807) is 0 Å². The van der Waals surface area contributed by atoms with Crippen LogP contribution in [0.25, 0.3) is 0 Å². The number of aromatic nitrogens is 1. The molecule has 0 amide bonds. The monoisotopic (exact) mass is 176 g/mol. The van der Waals surface area contributed by atoms with Crippen molar-refractivity contribution in [1.82, 2.24) is 4.98 Å². The average molecular weight is 177 g/mol. The van der Waals surface area contributed by atoms with Crippen LogP contribution < -0.4 is 5.73 Å². The van der Waals surface area contributed by atoms with Crippen molar-refractivity contribution in [2.45, 2.75) is 13.8 Å². The van der Waals surface area contributed by atoms with Crippen LogP contribution in [0.5, 0.6) is 0 Å². The fourth-order valence-electron chi connectivity index (χ4n) is 0.427. The zero-order chi connectivity index (χ0) is 8.85.